The Bertz CT molecular complexity index is 668. The first-order valence-corrected chi connectivity index (χ1v) is 6.57. The average Bonchev–Trinajstić information content (AvgIpc) is 2.41. The highest BCUT2D eigenvalue weighted by atomic mass is 35.5. The molecule has 2 aromatic rings. The van der Waals surface area contributed by atoms with Crippen molar-refractivity contribution in [2.75, 3.05) is 11.1 Å². The molecule has 0 saturated heterocycles. The predicted molar refractivity (Wildman–Crippen MR) is 79.3 cm³/mol. The largest absolute Gasteiger partial charge is 0.399 e. The number of carbonyl (C=O) groups is 1. The van der Waals surface area contributed by atoms with E-state index in [-0.39, 0.29) is 10.7 Å². The van der Waals surface area contributed by atoms with E-state index >= 15 is 0 Å². The Balaban J connectivity index is 2.22. The van der Waals surface area contributed by atoms with E-state index < -0.39 is 23.5 Å². The molecule has 0 bridgehead atoms. The number of hydrogen-bond donors (Lipinski definition) is 2. The Kier molecular flexibility index (Phi) is 4.43. The van der Waals surface area contributed by atoms with E-state index in [9.17, 15) is 13.6 Å². The molecule has 1 unspecified atom stereocenters. The molecule has 1 amide bonds. The number of nitrogens with two attached hydrogens (primary N) is 1. The summed E-state index contributed by atoms with van der Waals surface area (Å²) in [7, 11) is 0. The van der Waals surface area contributed by atoms with Gasteiger partial charge in [-0.05, 0) is 30.7 Å². The molecule has 2 aromatic carbocycles. The monoisotopic (exact) mass is 310 g/mol. The van der Waals surface area contributed by atoms with E-state index in [4.69, 9.17) is 17.3 Å². The second-order valence-corrected chi connectivity index (χ2v) is 5.03. The lowest BCUT2D eigenvalue weighted by Crippen LogP contribution is -2.20. The number of halogens is 3. The molecule has 0 aliphatic heterocycles. The normalized spacial score (nSPS) is 12.0. The van der Waals surface area contributed by atoms with Crippen LogP contribution in [0.4, 0.5) is 20.2 Å². The van der Waals surface area contributed by atoms with Crippen LogP contribution in [0.15, 0.2) is 36.4 Å². The van der Waals surface area contributed by atoms with Gasteiger partial charge in [0.25, 0.3) is 0 Å². The summed E-state index contributed by atoms with van der Waals surface area (Å²) in [5, 5.41) is 2.18. The van der Waals surface area contributed by atoms with Crippen molar-refractivity contribution in [3.05, 3.63) is 58.6 Å². The van der Waals surface area contributed by atoms with Crippen LogP contribution in [0.3, 0.4) is 0 Å². The zero-order chi connectivity index (χ0) is 15.6. The molecular weight excluding hydrogens is 298 g/mol. The fourth-order valence-electron chi connectivity index (χ4n) is 1.87. The first-order chi connectivity index (χ1) is 9.88. The summed E-state index contributed by atoms with van der Waals surface area (Å²) in [4.78, 5) is 12.1. The van der Waals surface area contributed by atoms with Crippen molar-refractivity contribution in [3.63, 3.8) is 0 Å². The number of nitrogens with one attached hydrogen (secondary N) is 1. The zero-order valence-electron chi connectivity index (χ0n) is 11.2. The minimum absolute atomic E-state index is 0.194. The van der Waals surface area contributed by atoms with Crippen molar-refractivity contribution >= 4 is 28.9 Å². The van der Waals surface area contributed by atoms with E-state index in [2.05, 4.69) is 5.32 Å². The molecular formula is C15H13ClF2N2O. The summed E-state index contributed by atoms with van der Waals surface area (Å²) < 4.78 is 26.6. The van der Waals surface area contributed by atoms with Gasteiger partial charge in [-0.25, -0.2) is 8.78 Å². The molecule has 0 saturated carbocycles. The van der Waals surface area contributed by atoms with E-state index in [1.165, 1.54) is 0 Å². The van der Waals surface area contributed by atoms with Gasteiger partial charge in [0.2, 0.25) is 5.91 Å². The van der Waals surface area contributed by atoms with Gasteiger partial charge >= 0.3 is 0 Å². The van der Waals surface area contributed by atoms with Crippen LogP contribution in [0.5, 0.6) is 0 Å². The quantitative estimate of drug-likeness (QED) is 0.844. The van der Waals surface area contributed by atoms with Crippen molar-refractivity contribution in [2.45, 2.75) is 12.8 Å². The average molecular weight is 311 g/mol. The molecule has 0 radical (unpaired) electrons. The van der Waals surface area contributed by atoms with Gasteiger partial charge in [-0.1, -0.05) is 23.7 Å². The summed E-state index contributed by atoms with van der Waals surface area (Å²) in [6.45, 7) is 1.65. The summed E-state index contributed by atoms with van der Waals surface area (Å²) >= 11 is 5.74. The van der Waals surface area contributed by atoms with E-state index in [0.29, 0.717) is 17.3 Å². The first-order valence-electron chi connectivity index (χ1n) is 6.19. The smallest absolute Gasteiger partial charge is 0.231 e. The molecule has 3 nitrogen and oxygen atoms in total. The molecule has 21 heavy (non-hydrogen) atoms. The highest BCUT2D eigenvalue weighted by molar-refractivity contribution is 6.33. The molecule has 3 N–H and O–H groups in total. The Morgan fingerprint density at radius 1 is 1.29 bits per heavy atom. The number of rotatable bonds is 3. The second kappa shape index (κ2) is 6.10. The maximum atomic E-state index is 13.6. The maximum absolute atomic E-state index is 13.6. The van der Waals surface area contributed by atoms with Crippen molar-refractivity contribution in [1.29, 1.82) is 0 Å². The van der Waals surface area contributed by atoms with Crippen molar-refractivity contribution in [3.8, 4) is 0 Å². The molecule has 1 atom stereocenters. The van der Waals surface area contributed by atoms with Gasteiger partial charge in [0.15, 0.2) is 5.82 Å². The summed E-state index contributed by atoms with van der Waals surface area (Å²) in [5.41, 5.74) is 6.63. The van der Waals surface area contributed by atoms with Crippen molar-refractivity contribution in [2.24, 2.45) is 0 Å². The van der Waals surface area contributed by atoms with Gasteiger partial charge in [0.05, 0.1) is 16.6 Å². The highest BCUT2D eigenvalue weighted by Gasteiger charge is 2.19. The minimum Gasteiger partial charge on any atom is -0.399 e. The van der Waals surface area contributed by atoms with Crippen LogP contribution < -0.4 is 11.1 Å². The lowest BCUT2D eigenvalue weighted by atomic mass is 10.00. The predicted octanol–water partition coefficient (Wildman–Crippen LogP) is 3.94. The lowest BCUT2D eigenvalue weighted by Gasteiger charge is -2.14. The number of hydrogen-bond acceptors (Lipinski definition) is 2. The summed E-state index contributed by atoms with van der Waals surface area (Å²) in [6, 6.07) is 8.42. The molecule has 0 spiro atoms. The van der Waals surface area contributed by atoms with Crippen LogP contribution in [-0.4, -0.2) is 5.91 Å². The molecule has 6 heteroatoms. The van der Waals surface area contributed by atoms with Crippen LogP contribution in [0.1, 0.15) is 18.4 Å². The molecule has 0 aliphatic carbocycles. The van der Waals surface area contributed by atoms with E-state index in [1.54, 1.807) is 31.2 Å². The van der Waals surface area contributed by atoms with Crippen LogP contribution in [0.25, 0.3) is 0 Å². The topological polar surface area (TPSA) is 55.1 Å². The van der Waals surface area contributed by atoms with Crippen molar-refractivity contribution in [1.82, 2.24) is 0 Å². The first kappa shape index (κ1) is 15.3. The third-order valence-corrected chi connectivity index (χ3v) is 3.36. The number of anilines is 2. The highest BCUT2D eigenvalue weighted by Crippen LogP contribution is 2.28. The summed E-state index contributed by atoms with van der Waals surface area (Å²) in [5.74, 6) is -2.76. The van der Waals surface area contributed by atoms with Crippen LogP contribution in [0.2, 0.25) is 5.02 Å². The van der Waals surface area contributed by atoms with Gasteiger partial charge in [-0.15, -0.1) is 0 Å². The fourth-order valence-corrected chi connectivity index (χ4v) is 2.11. The van der Waals surface area contributed by atoms with Gasteiger partial charge in [0, 0.05) is 11.8 Å². The molecule has 110 valence electrons. The fraction of sp³-hybridized carbons (Fsp3) is 0.133. The Hall–Kier alpha value is -2.14. The van der Waals surface area contributed by atoms with E-state index in [1.807, 2.05) is 0 Å². The third kappa shape index (κ3) is 3.49. The summed E-state index contributed by atoms with van der Waals surface area (Å²) in [6.07, 6.45) is 0. The standard InChI is InChI=1S/C15H13ClF2N2O/c1-8(9-3-2-4-11(19)5-9)15(21)20-14-12(16)6-10(17)7-13(14)18/h2-8H,19H2,1H3,(H,20,21). The molecule has 0 aliphatic rings. The number of carbonyl (C=O) groups excluding carboxylic acids is 1. The van der Waals surface area contributed by atoms with Crippen LogP contribution >= 0.6 is 11.6 Å². The number of amides is 1. The maximum Gasteiger partial charge on any atom is 0.231 e. The van der Waals surface area contributed by atoms with Gasteiger partial charge in [-0.2, -0.15) is 0 Å². The van der Waals surface area contributed by atoms with Gasteiger partial charge in [-0.3, -0.25) is 4.79 Å². The molecule has 0 fully saturated rings. The van der Waals surface area contributed by atoms with E-state index in [0.717, 1.165) is 6.07 Å². The minimum atomic E-state index is -0.923. The van der Waals surface area contributed by atoms with Crippen LogP contribution in [-0.2, 0) is 4.79 Å². The SMILES string of the molecule is CC(C(=O)Nc1c(F)cc(F)cc1Cl)c1cccc(N)c1. The van der Waals surface area contributed by atoms with Gasteiger partial charge < -0.3 is 11.1 Å². The third-order valence-electron chi connectivity index (χ3n) is 3.06. The molecule has 2 rings (SSSR count). The second-order valence-electron chi connectivity index (χ2n) is 4.63. The number of benzene rings is 2. The Labute approximate surface area is 125 Å². The van der Waals surface area contributed by atoms with Crippen LogP contribution in [0, 0.1) is 11.6 Å². The Morgan fingerprint density at radius 2 is 2.00 bits per heavy atom. The van der Waals surface area contributed by atoms with Crippen molar-refractivity contribution < 1.29 is 13.6 Å². The number of nitrogen functional groups attached to an aromatic ring is 1. The molecule has 0 heterocycles. The zero-order valence-corrected chi connectivity index (χ0v) is 11.9. The Morgan fingerprint density at radius 3 is 2.62 bits per heavy atom. The van der Waals surface area contributed by atoms with Gasteiger partial charge in [0.1, 0.15) is 5.82 Å². The molecule has 0 aromatic heterocycles. The lowest BCUT2D eigenvalue weighted by molar-refractivity contribution is -0.117.